The number of halogens is 1. The number of benzene rings is 2. The SMILES string of the molecule is NC(=S)c1[nH]c2ccc(Cl)cc2c1Sc1ccccc1. The van der Waals surface area contributed by atoms with Crippen LogP contribution in [0.25, 0.3) is 10.9 Å². The highest BCUT2D eigenvalue weighted by Gasteiger charge is 2.15. The van der Waals surface area contributed by atoms with E-state index in [1.54, 1.807) is 11.8 Å². The zero-order valence-electron chi connectivity index (χ0n) is 10.4. The lowest BCUT2D eigenvalue weighted by atomic mass is 10.2. The van der Waals surface area contributed by atoms with Crippen LogP contribution in [0.2, 0.25) is 5.02 Å². The van der Waals surface area contributed by atoms with Crippen molar-refractivity contribution in [3.8, 4) is 0 Å². The smallest absolute Gasteiger partial charge is 0.121 e. The number of hydrogen-bond donors (Lipinski definition) is 2. The summed E-state index contributed by atoms with van der Waals surface area (Å²) in [5.74, 6) is 0. The minimum Gasteiger partial charge on any atom is -0.388 e. The number of fused-ring (bicyclic) bond motifs is 1. The molecule has 3 rings (SSSR count). The van der Waals surface area contributed by atoms with E-state index < -0.39 is 0 Å². The van der Waals surface area contributed by atoms with Crippen LogP contribution in [0.3, 0.4) is 0 Å². The summed E-state index contributed by atoms with van der Waals surface area (Å²) < 4.78 is 0. The number of aromatic amines is 1. The van der Waals surface area contributed by atoms with E-state index in [0.29, 0.717) is 10.0 Å². The predicted molar refractivity (Wildman–Crippen MR) is 89.8 cm³/mol. The second-order valence-corrected chi connectivity index (χ2v) is 6.26. The van der Waals surface area contributed by atoms with Gasteiger partial charge in [0, 0.05) is 25.7 Å². The number of nitrogens with one attached hydrogen (secondary N) is 1. The molecular formula is C15H11ClN2S2. The van der Waals surface area contributed by atoms with Crippen molar-refractivity contribution in [3.05, 3.63) is 59.2 Å². The third-order valence-electron chi connectivity index (χ3n) is 2.92. The molecule has 0 atom stereocenters. The van der Waals surface area contributed by atoms with Gasteiger partial charge in [0.2, 0.25) is 0 Å². The average Bonchev–Trinajstić information content (AvgIpc) is 2.78. The van der Waals surface area contributed by atoms with Crippen LogP contribution in [0.1, 0.15) is 5.69 Å². The fourth-order valence-corrected chi connectivity index (χ4v) is 3.49. The maximum atomic E-state index is 6.10. The number of aromatic nitrogens is 1. The molecule has 20 heavy (non-hydrogen) atoms. The van der Waals surface area contributed by atoms with Gasteiger partial charge in [-0.3, -0.25) is 0 Å². The zero-order chi connectivity index (χ0) is 14.1. The van der Waals surface area contributed by atoms with Crippen molar-refractivity contribution in [1.82, 2.24) is 4.98 Å². The Kier molecular flexibility index (Phi) is 3.70. The number of H-pyrrole nitrogens is 1. The van der Waals surface area contributed by atoms with Gasteiger partial charge in [-0.05, 0) is 30.3 Å². The number of hydrogen-bond acceptors (Lipinski definition) is 2. The van der Waals surface area contributed by atoms with Gasteiger partial charge >= 0.3 is 0 Å². The van der Waals surface area contributed by atoms with Gasteiger partial charge < -0.3 is 10.7 Å². The van der Waals surface area contributed by atoms with Crippen LogP contribution < -0.4 is 5.73 Å². The summed E-state index contributed by atoms with van der Waals surface area (Å²) in [4.78, 5) is 5.77. The van der Waals surface area contributed by atoms with Crippen LogP contribution in [0.5, 0.6) is 0 Å². The largest absolute Gasteiger partial charge is 0.388 e. The van der Waals surface area contributed by atoms with E-state index in [9.17, 15) is 0 Å². The Bertz CT molecular complexity index is 781. The number of thiocarbonyl (C=S) groups is 1. The first-order valence-electron chi connectivity index (χ1n) is 5.99. The van der Waals surface area contributed by atoms with Crippen molar-refractivity contribution in [3.63, 3.8) is 0 Å². The average molecular weight is 319 g/mol. The highest BCUT2D eigenvalue weighted by Crippen LogP contribution is 2.37. The van der Waals surface area contributed by atoms with Crippen molar-refractivity contribution in [2.75, 3.05) is 0 Å². The molecule has 0 aliphatic heterocycles. The van der Waals surface area contributed by atoms with Crippen LogP contribution in [-0.4, -0.2) is 9.97 Å². The summed E-state index contributed by atoms with van der Waals surface area (Å²) in [6.07, 6.45) is 0. The van der Waals surface area contributed by atoms with Gasteiger partial charge in [-0.25, -0.2) is 0 Å². The highest BCUT2D eigenvalue weighted by atomic mass is 35.5. The van der Waals surface area contributed by atoms with Crippen LogP contribution in [0, 0.1) is 0 Å². The molecule has 1 aromatic heterocycles. The van der Waals surface area contributed by atoms with Crippen LogP contribution in [0.4, 0.5) is 0 Å². The zero-order valence-corrected chi connectivity index (χ0v) is 12.8. The molecule has 100 valence electrons. The van der Waals surface area contributed by atoms with E-state index >= 15 is 0 Å². The van der Waals surface area contributed by atoms with Gasteiger partial charge in [-0.1, -0.05) is 53.8 Å². The van der Waals surface area contributed by atoms with Gasteiger partial charge in [0.05, 0.1) is 5.69 Å². The van der Waals surface area contributed by atoms with Crippen molar-refractivity contribution < 1.29 is 0 Å². The second-order valence-electron chi connectivity index (χ2n) is 4.30. The Morgan fingerprint density at radius 1 is 1.15 bits per heavy atom. The molecule has 0 aliphatic rings. The Morgan fingerprint density at radius 2 is 1.90 bits per heavy atom. The van der Waals surface area contributed by atoms with E-state index in [1.807, 2.05) is 36.4 Å². The summed E-state index contributed by atoms with van der Waals surface area (Å²) in [6, 6.07) is 15.8. The van der Waals surface area contributed by atoms with Crippen molar-refractivity contribution in [1.29, 1.82) is 0 Å². The Hall–Kier alpha value is -1.49. The summed E-state index contributed by atoms with van der Waals surface area (Å²) >= 11 is 12.9. The van der Waals surface area contributed by atoms with Crippen LogP contribution >= 0.6 is 35.6 Å². The van der Waals surface area contributed by atoms with Crippen LogP contribution in [0.15, 0.2) is 58.3 Å². The molecule has 0 unspecified atom stereocenters. The highest BCUT2D eigenvalue weighted by molar-refractivity contribution is 7.99. The van der Waals surface area contributed by atoms with E-state index in [2.05, 4.69) is 17.1 Å². The molecule has 0 radical (unpaired) electrons. The number of nitrogens with two attached hydrogens (primary N) is 1. The van der Waals surface area contributed by atoms with Gasteiger partial charge in [0.15, 0.2) is 0 Å². The molecule has 0 saturated heterocycles. The molecule has 5 heteroatoms. The molecule has 2 nitrogen and oxygen atoms in total. The van der Waals surface area contributed by atoms with Crippen molar-refractivity contribution in [2.24, 2.45) is 5.73 Å². The minimum absolute atomic E-state index is 0.357. The lowest BCUT2D eigenvalue weighted by Gasteiger charge is -2.03. The predicted octanol–water partition coefficient (Wildman–Crippen LogP) is 4.61. The lowest BCUT2D eigenvalue weighted by Crippen LogP contribution is -2.10. The van der Waals surface area contributed by atoms with E-state index in [4.69, 9.17) is 29.6 Å². The van der Waals surface area contributed by atoms with E-state index in [1.165, 1.54) is 0 Å². The maximum Gasteiger partial charge on any atom is 0.121 e. The standard InChI is InChI=1S/C15H11ClN2S2/c16-9-6-7-12-11(8-9)14(13(18-12)15(17)19)20-10-4-2-1-3-5-10/h1-8,18H,(H2,17,19). The van der Waals surface area contributed by atoms with Crippen LogP contribution in [-0.2, 0) is 0 Å². The molecule has 0 amide bonds. The normalized spacial score (nSPS) is 10.8. The Labute approximate surface area is 131 Å². The second kappa shape index (κ2) is 5.48. The van der Waals surface area contributed by atoms with E-state index in [-0.39, 0.29) is 0 Å². The van der Waals surface area contributed by atoms with Gasteiger partial charge in [-0.2, -0.15) is 0 Å². The third-order valence-corrected chi connectivity index (χ3v) is 4.50. The molecule has 1 heterocycles. The topological polar surface area (TPSA) is 41.8 Å². The Morgan fingerprint density at radius 3 is 2.60 bits per heavy atom. The minimum atomic E-state index is 0.357. The fraction of sp³-hybridized carbons (Fsp3) is 0. The summed E-state index contributed by atoms with van der Waals surface area (Å²) in [7, 11) is 0. The fourth-order valence-electron chi connectivity index (χ4n) is 2.03. The van der Waals surface area contributed by atoms with Gasteiger partial charge in [0.25, 0.3) is 0 Å². The molecule has 2 aromatic carbocycles. The molecule has 0 spiro atoms. The first kappa shape index (κ1) is 13.5. The van der Waals surface area contributed by atoms with Gasteiger partial charge in [0.1, 0.15) is 4.99 Å². The van der Waals surface area contributed by atoms with E-state index in [0.717, 1.165) is 26.4 Å². The molecule has 0 fully saturated rings. The maximum absolute atomic E-state index is 6.10. The molecule has 3 N–H and O–H groups in total. The molecular weight excluding hydrogens is 308 g/mol. The lowest BCUT2D eigenvalue weighted by molar-refractivity contribution is 1.34. The summed E-state index contributed by atoms with van der Waals surface area (Å²) in [5.41, 5.74) is 7.59. The molecule has 3 aromatic rings. The first-order valence-corrected chi connectivity index (χ1v) is 7.59. The van der Waals surface area contributed by atoms with Crippen molar-refractivity contribution in [2.45, 2.75) is 9.79 Å². The van der Waals surface area contributed by atoms with Gasteiger partial charge in [-0.15, -0.1) is 0 Å². The first-order chi connectivity index (χ1) is 9.65. The third kappa shape index (κ3) is 2.54. The summed E-state index contributed by atoms with van der Waals surface area (Å²) in [5, 5.41) is 1.73. The Balaban J connectivity index is 2.18. The molecule has 0 aliphatic carbocycles. The number of rotatable bonds is 3. The quantitative estimate of drug-likeness (QED) is 0.693. The monoisotopic (exact) mass is 318 g/mol. The molecule has 0 saturated carbocycles. The molecule has 0 bridgehead atoms. The summed E-state index contributed by atoms with van der Waals surface area (Å²) in [6.45, 7) is 0. The van der Waals surface area contributed by atoms with Crippen molar-refractivity contribution >= 4 is 51.5 Å².